The largest absolute Gasteiger partial charge is 0.372 e. The molecule has 0 bridgehead atoms. The first-order chi connectivity index (χ1) is 9.31. The normalized spacial score (nSPS) is 10.6. The third-order valence-corrected chi connectivity index (χ3v) is 3.74. The van der Waals surface area contributed by atoms with Gasteiger partial charge in [0.15, 0.2) is 0 Å². The maximum absolute atomic E-state index is 5.68. The minimum atomic E-state index is 0.600. The standard InChI is InChI=1S/C14H16N2OS2/c15-18-13-5-1-11(2-6-13)9-17-10-12-3-7-14(19-16)8-4-12/h1-8H,9-10,15-16H2. The Hall–Kier alpha value is -0.980. The lowest BCUT2D eigenvalue weighted by atomic mass is 10.2. The Kier molecular flexibility index (Phi) is 5.75. The first-order valence-electron chi connectivity index (χ1n) is 5.81. The molecule has 2 aromatic rings. The Bertz CT molecular complexity index is 452. The van der Waals surface area contributed by atoms with Gasteiger partial charge in [0.05, 0.1) is 13.2 Å². The third-order valence-electron chi connectivity index (χ3n) is 2.66. The second kappa shape index (κ2) is 7.57. The van der Waals surface area contributed by atoms with E-state index in [0.29, 0.717) is 13.2 Å². The van der Waals surface area contributed by atoms with Gasteiger partial charge in [-0.05, 0) is 59.3 Å². The van der Waals surface area contributed by atoms with Crippen LogP contribution in [0.2, 0.25) is 0 Å². The summed E-state index contributed by atoms with van der Waals surface area (Å²) in [6.45, 7) is 1.20. The molecule has 0 radical (unpaired) electrons. The van der Waals surface area contributed by atoms with Crippen LogP contribution in [-0.2, 0) is 18.0 Å². The predicted octanol–water partition coefficient (Wildman–Crippen LogP) is 3.34. The van der Waals surface area contributed by atoms with Crippen molar-refractivity contribution in [3.8, 4) is 0 Å². The average Bonchev–Trinajstić information content (AvgIpc) is 2.49. The van der Waals surface area contributed by atoms with Crippen LogP contribution in [0.1, 0.15) is 11.1 Å². The highest BCUT2D eigenvalue weighted by Gasteiger charge is 1.97. The minimum absolute atomic E-state index is 0.600. The van der Waals surface area contributed by atoms with Gasteiger partial charge in [-0.2, -0.15) is 0 Å². The summed E-state index contributed by atoms with van der Waals surface area (Å²) >= 11 is 2.50. The summed E-state index contributed by atoms with van der Waals surface area (Å²) in [6, 6.07) is 16.1. The van der Waals surface area contributed by atoms with E-state index in [1.807, 2.05) is 48.5 Å². The van der Waals surface area contributed by atoms with E-state index in [9.17, 15) is 0 Å². The monoisotopic (exact) mass is 292 g/mol. The molecule has 4 N–H and O–H groups in total. The highest BCUT2D eigenvalue weighted by molar-refractivity contribution is 7.97. The maximum Gasteiger partial charge on any atom is 0.0721 e. The summed E-state index contributed by atoms with van der Waals surface area (Å²) in [6.07, 6.45) is 0. The Labute approximate surface area is 122 Å². The molecule has 3 nitrogen and oxygen atoms in total. The first-order valence-corrected chi connectivity index (χ1v) is 7.57. The van der Waals surface area contributed by atoms with Crippen molar-refractivity contribution in [2.45, 2.75) is 23.0 Å². The molecule has 2 aromatic carbocycles. The van der Waals surface area contributed by atoms with Crippen LogP contribution in [0.3, 0.4) is 0 Å². The van der Waals surface area contributed by atoms with Crippen molar-refractivity contribution in [1.82, 2.24) is 0 Å². The summed E-state index contributed by atoms with van der Waals surface area (Å²) in [5.41, 5.74) is 2.29. The van der Waals surface area contributed by atoms with E-state index in [1.54, 1.807) is 0 Å². The molecule has 0 aliphatic heterocycles. The van der Waals surface area contributed by atoms with Gasteiger partial charge in [0, 0.05) is 9.79 Å². The molecule has 0 aliphatic rings. The van der Waals surface area contributed by atoms with Crippen LogP contribution in [-0.4, -0.2) is 0 Å². The summed E-state index contributed by atoms with van der Waals surface area (Å²) in [5, 5.41) is 10.9. The first kappa shape index (κ1) is 14.4. The van der Waals surface area contributed by atoms with Crippen LogP contribution in [0, 0.1) is 0 Å². The lowest BCUT2D eigenvalue weighted by molar-refractivity contribution is 0.107. The molecule has 0 saturated heterocycles. The molecule has 0 spiro atoms. The van der Waals surface area contributed by atoms with Crippen molar-refractivity contribution < 1.29 is 4.74 Å². The summed E-state index contributed by atoms with van der Waals surface area (Å²) in [7, 11) is 0. The third kappa shape index (κ3) is 4.56. The molecule has 100 valence electrons. The fraction of sp³-hybridized carbons (Fsp3) is 0.143. The number of hydrogen-bond donors (Lipinski definition) is 2. The Morgan fingerprint density at radius 3 is 1.37 bits per heavy atom. The van der Waals surface area contributed by atoms with E-state index in [1.165, 1.54) is 23.9 Å². The quantitative estimate of drug-likeness (QED) is 0.800. The molecule has 0 aliphatic carbocycles. The fourth-order valence-corrected chi connectivity index (χ4v) is 2.20. The molecule has 0 fully saturated rings. The number of ether oxygens (including phenoxy) is 1. The van der Waals surface area contributed by atoms with Gasteiger partial charge in [-0.25, -0.2) is 0 Å². The molecule has 0 saturated carbocycles. The highest BCUT2D eigenvalue weighted by Crippen LogP contribution is 2.15. The van der Waals surface area contributed by atoms with Crippen molar-refractivity contribution >= 4 is 23.9 Å². The zero-order valence-corrected chi connectivity index (χ0v) is 12.0. The number of benzene rings is 2. The van der Waals surface area contributed by atoms with Crippen LogP contribution in [0.4, 0.5) is 0 Å². The highest BCUT2D eigenvalue weighted by atomic mass is 32.2. The SMILES string of the molecule is NSc1ccc(COCc2ccc(SN)cc2)cc1. The van der Waals surface area contributed by atoms with E-state index in [4.69, 9.17) is 15.0 Å². The van der Waals surface area contributed by atoms with Gasteiger partial charge in [-0.1, -0.05) is 24.3 Å². The second-order valence-electron chi connectivity index (χ2n) is 4.02. The smallest absolute Gasteiger partial charge is 0.0721 e. The van der Waals surface area contributed by atoms with Crippen LogP contribution < -0.4 is 10.3 Å². The summed E-state index contributed by atoms with van der Waals surface area (Å²) < 4.78 is 5.68. The zero-order chi connectivity index (χ0) is 13.5. The lowest BCUT2D eigenvalue weighted by Gasteiger charge is -2.06. The van der Waals surface area contributed by atoms with Crippen molar-refractivity contribution in [3.05, 3.63) is 59.7 Å². The van der Waals surface area contributed by atoms with Crippen molar-refractivity contribution in [2.75, 3.05) is 0 Å². The van der Waals surface area contributed by atoms with E-state index in [-0.39, 0.29) is 0 Å². The Morgan fingerprint density at radius 2 is 1.05 bits per heavy atom. The van der Waals surface area contributed by atoms with Gasteiger partial charge in [0.2, 0.25) is 0 Å². The van der Waals surface area contributed by atoms with E-state index < -0.39 is 0 Å². The van der Waals surface area contributed by atoms with E-state index >= 15 is 0 Å². The van der Waals surface area contributed by atoms with Crippen LogP contribution in [0.5, 0.6) is 0 Å². The fourth-order valence-electron chi connectivity index (χ4n) is 1.62. The van der Waals surface area contributed by atoms with Gasteiger partial charge in [0.1, 0.15) is 0 Å². The average molecular weight is 292 g/mol. The van der Waals surface area contributed by atoms with E-state index in [0.717, 1.165) is 20.9 Å². The topological polar surface area (TPSA) is 61.3 Å². The van der Waals surface area contributed by atoms with Crippen LogP contribution in [0.25, 0.3) is 0 Å². The van der Waals surface area contributed by atoms with Crippen molar-refractivity contribution in [3.63, 3.8) is 0 Å². The van der Waals surface area contributed by atoms with Gasteiger partial charge in [-0.15, -0.1) is 0 Å². The molecular weight excluding hydrogens is 276 g/mol. The second-order valence-corrected chi connectivity index (χ2v) is 5.43. The molecular formula is C14H16N2OS2. The number of hydrogen-bond acceptors (Lipinski definition) is 5. The van der Waals surface area contributed by atoms with Crippen molar-refractivity contribution in [2.24, 2.45) is 10.3 Å². The minimum Gasteiger partial charge on any atom is -0.372 e. The molecule has 0 atom stereocenters. The van der Waals surface area contributed by atoms with Gasteiger partial charge in [-0.3, -0.25) is 10.3 Å². The Balaban J connectivity index is 1.81. The Morgan fingerprint density at radius 1 is 0.684 bits per heavy atom. The number of nitrogens with two attached hydrogens (primary N) is 2. The zero-order valence-electron chi connectivity index (χ0n) is 10.4. The molecule has 0 unspecified atom stereocenters. The molecule has 0 heterocycles. The summed E-state index contributed by atoms with van der Waals surface area (Å²) in [5.74, 6) is 0. The van der Waals surface area contributed by atoms with Crippen molar-refractivity contribution in [1.29, 1.82) is 0 Å². The van der Waals surface area contributed by atoms with Crippen LogP contribution >= 0.6 is 23.9 Å². The van der Waals surface area contributed by atoms with Crippen LogP contribution in [0.15, 0.2) is 58.3 Å². The molecule has 0 amide bonds. The maximum atomic E-state index is 5.68. The molecule has 19 heavy (non-hydrogen) atoms. The number of rotatable bonds is 6. The molecule has 5 heteroatoms. The molecule has 2 rings (SSSR count). The van der Waals surface area contributed by atoms with Gasteiger partial charge in [0.25, 0.3) is 0 Å². The molecule has 0 aromatic heterocycles. The summed E-state index contributed by atoms with van der Waals surface area (Å²) in [4.78, 5) is 2.11. The van der Waals surface area contributed by atoms with Gasteiger partial charge >= 0.3 is 0 Å². The lowest BCUT2D eigenvalue weighted by Crippen LogP contribution is -1.94. The predicted molar refractivity (Wildman–Crippen MR) is 81.5 cm³/mol. The van der Waals surface area contributed by atoms with Gasteiger partial charge < -0.3 is 4.74 Å². The van der Waals surface area contributed by atoms with E-state index in [2.05, 4.69) is 0 Å².